The number of nitrogens with zero attached hydrogens (tertiary/aromatic N) is 3. The van der Waals surface area contributed by atoms with Gasteiger partial charge in [0.1, 0.15) is 6.54 Å². The number of aromatic nitrogens is 3. The fraction of sp³-hybridized carbons (Fsp3) is 0.125. The van der Waals surface area contributed by atoms with Crippen LogP contribution in [0.5, 0.6) is 0 Å². The molecule has 1 amide bonds. The molecule has 7 heteroatoms. The quantitative estimate of drug-likeness (QED) is 0.798. The maximum atomic E-state index is 12.1. The lowest BCUT2D eigenvalue weighted by atomic mass is 10.1. The van der Waals surface area contributed by atoms with E-state index < -0.39 is 0 Å². The number of nitrogens with one attached hydrogen (secondary N) is 1. The highest BCUT2D eigenvalue weighted by atomic mass is 32.1. The SMILES string of the molecule is Cc1csc(NC(=O)Cn2cnc(-c3ccccc3)cc2=O)n1. The van der Waals surface area contributed by atoms with Crippen molar-refractivity contribution in [1.82, 2.24) is 14.5 Å². The van der Waals surface area contributed by atoms with Crippen molar-refractivity contribution in [2.45, 2.75) is 13.5 Å². The van der Waals surface area contributed by atoms with Crippen LogP contribution < -0.4 is 10.9 Å². The van der Waals surface area contributed by atoms with Crippen LogP contribution in [0.15, 0.2) is 52.9 Å². The summed E-state index contributed by atoms with van der Waals surface area (Å²) in [5.74, 6) is -0.310. The molecule has 0 unspecified atom stereocenters. The molecule has 0 bridgehead atoms. The minimum atomic E-state index is -0.310. The summed E-state index contributed by atoms with van der Waals surface area (Å²) in [6.45, 7) is 1.75. The smallest absolute Gasteiger partial charge is 0.254 e. The average Bonchev–Trinajstić information content (AvgIpc) is 2.95. The zero-order chi connectivity index (χ0) is 16.2. The van der Waals surface area contributed by atoms with Crippen LogP contribution in [-0.2, 0) is 11.3 Å². The molecular weight excluding hydrogens is 312 g/mol. The van der Waals surface area contributed by atoms with Crippen LogP contribution in [0.3, 0.4) is 0 Å². The Morgan fingerprint density at radius 2 is 2.09 bits per heavy atom. The highest BCUT2D eigenvalue weighted by molar-refractivity contribution is 7.13. The zero-order valence-corrected chi connectivity index (χ0v) is 13.2. The Bertz CT molecular complexity index is 886. The van der Waals surface area contributed by atoms with E-state index >= 15 is 0 Å². The zero-order valence-electron chi connectivity index (χ0n) is 12.4. The van der Waals surface area contributed by atoms with Crippen LogP contribution in [0.2, 0.25) is 0 Å². The number of hydrogen-bond donors (Lipinski definition) is 1. The van der Waals surface area contributed by atoms with Crippen molar-refractivity contribution >= 4 is 22.4 Å². The third-order valence-corrected chi connectivity index (χ3v) is 4.00. The van der Waals surface area contributed by atoms with Gasteiger partial charge in [-0.25, -0.2) is 9.97 Å². The summed E-state index contributed by atoms with van der Waals surface area (Å²) in [7, 11) is 0. The monoisotopic (exact) mass is 326 g/mol. The van der Waals surface area contributed by atoms with E-state index in [1.807, 2.05) is 42.6 Å². The third kappa shape index (κ3) is 3.70. The van der Waals surface area contributed by atoms with Gasteiger partial charge in [-0.3, -0.25) is 14.2 Å². The summed E-state index contributed by atoms with van der Waals surface area (Å²) < 4.78 is 1.27. The molecule has 1 N–H and O–H groups in total. The van der Waals surface area contributed by atoms with Gasteiger partial charge in [0.25, 0.3) is 5.56 Å². The number of hydrogen-bond acceptors (Lipinski definition) is 5. The van der Waals surface area contributed by atoms with Gasteiger partial charge in [-0.15, -0.1) is 11.3 Å². The summed E-state index contributed by atoms with van der Waals surface area (Å²) in [6.07, 6.45) is 1.39. The molecule has 1 aromatic carbocycles. The van der Waals surface area contributed by atoms with E-state index in [2.05, 4.69) is 15.3 Å². The third-order valence-electron chi connectivity index (χ3n) is 3.13. The van der Waals surface area contributed by atoms with Crippen LogP contribution in [0.1, 0.15) is 5.69 Å². The lowest BCUT2D eigenvalue weighted by Gasteiger charge is -2.06. The number of benzene rings is 1. The number of aryl methyl sites for hydroxylation is 1. The maximum Gasteiger partial charge on any atom is 0.254 e. The van der Waals surface area contributed by atoms with Crippen LogP contribution in [0, 0.1) is 6.92 Å². The first-order valence-electron chi connectivity index (χ1n) is 6.96. The van der Waals surface area contributed by atoms with E-state index in [1.165, 1.54) is 28.3 Å². The summed E-state index contributed by atoms with van der Waals surface area (Å²) in [5, 5.41) is 5.03. The van der Waals surface area contributed by atoms with Gasteiger partial charge in [0, 0.05) is 17.0 Å². The Kier molecular flexibility index (Phi) is 4.29. The molecule has 0 radical (unpaired) electrons. The molecule has 0 aliphatic carbocycles. The Labute approximate surface area is 136 Å². The molecular formula is C16H14N4O2S. The second-order valence-corrected chi connectivity index (χ2v) is 5.81. The van der Waals surface area contributed by atoms with E-state index in [1.54, 1.807) is 0 Å². The number of carbonyl (C=O) groups excluding carboxylic acids is 1. The largest absolute Gasteiger partial charge is 0.300 e. The molecule has 3 rings (SSSR count). The number of carbonyl (C=O) groups is 1. The molecule has 23 heavy (non-hydrogen) atoms. The predicted octanol–water partition coefficient (Wildman–Crippen LogP) is 2.31. The van der Waals surface area contributed by atoms with Gasteiger partial charge in [0.2, 0.25) is 5.91 Å². The van der Waals surface area contributed by atoms with Gasteiger partial charge >= 0.3 is 0 Å². The molecule has 0 atom stereocenters. The minimum Gasteiger partial charge on any atom is -0.300 e. The fourth-order valence-electron chi connectivity index (χ4n) is 2.04. The molecule has 6 nitrogen and oxygen atoms in total. The predicted molar refractivity (Wildman–Crippen MR) is 89.4 cm³/mol. The minimum absolute atomic E-state index is 0.0977. The van der Waals surface area contributed by atoms with Crippen molar-refractivity contribution in [3.8, 4) is 11.3 Å². The Morgan fingerprint density at radius 3 is 2.74 bits per heavy atom. The van der Waals surface area contributed by atoms with Crippen molar-refractivity contribution in [1.29, 1.82) is 0 Å². The van der Waals surface area contributed by atoms with Crippen LogP contribution in [0.25, 0.3) is 11.3 Å². The first kappa shape index (κ1) is 15.1. The Morgan fingerprint density at radius 1 is 1.30 bits per heavy atom. The Hall–Kier alpha value is -2.80. The van der Waals surface area contributed by atoms with Gasteiger partial charge in [-0.2, -0.15) is 0 Å². The van der Waals surface area contributed by atoms with Gasteiger partial charge in [0.15, 0.2) is 5.13 Å². The topological polar surface area (TPSA) is 76.9 Å². The van der Waals surface area contributed by atoms with Crippen molar-refractivity contribution < 1.29 is 4.79 Å². The highest BCUT2D eigenvalue weighted by Gasteiger charge is 2.09. The maximum absolute atomic E-state index is 12.1. The lowest BCUT2D eigenvalue weighted by Crippen LogP contribution is -2.27. The second kappa shape index (κ2) is 6.53. The van der Waals surface area contributed by atoms with E-state index in [9.17, 15) is 9.59 Å². The standard InChI is InChI=1S/C16H14N4O2S/c1-11-9-23-16(18-11)19-14(21)8-20-10-17-13(7-15(20)22)12-5-3-2-4-6-12/h2-7,9-10H,8H2,1H3,(H,18,19,21). The summed E-state index contributed by atoms with van der Waals surface area (Å²) in [5.41, 5.74) is 2.02. The number of thiazole rings is 1. The highest BCUT2D eigenvalue weighted by Crippen LogP contribution is 2.15. The first-order chi connectivity index (χ1) is 11.1. The number of anilines is 1. The summed E-state index contributed by atoms with van der Waals surface area (Å²) >= 11 is 1.35. The van der Waals surface area contributed by atoms with E-state index in [4.69, 9.17) is 0 Å². The van der Waals surface area contributed by atoms with Crippen molar-refractivity contribution in [3.63, 3.8) is 0 Å². The van der Waals surface area contributed by atoms with Crippen LogP contribution in [0.4, 0.5) is 5.13 Å². The number of rotatable bonds is 4. The van der Waals surface area contributed by atoms with Crippen molar-refractivity contribution in [3.05, 3.63) is 64.2 Å². The van der Waals surface area contributed by atoms with Gasteiger partial charge in [-0.1, -0.05) is 30.3 Å². The number of amides is 1. The lowest BCUT2D eigenvalue weighted by molar-refractivity contribution is -0.116. The van der Waals surface area contributed by atoms with Crippen molar-refractivity contribution in [2.24, 2.45) is 0 Å². The molecule has 2 aromatic heterocycles. The molecule has 0 aliphatic heterocycles. The van der Waals surface area contributed by atoms with Crippen molar-refractivity contribution in [2.75, 3.05) is 5.32 Å². The van der Waals surface area contributed by atoms with Gasteiger partial charge in [0.05, 0.1) is 17.7 Å². The average molecular weight is 326 g/mol. The van der Waals surface area contributed by atoms with Gasteiger partial charge in [-0.05, 0) is 6.92 Å². The van der Waals surface area contributed by atoms with Crippen LogP contribution >= 0.6 is 11.3 Å². The molecule has 0 aliphatic rings. The van der Waals surface area contributed by atoms with E-state index in [0.29, 0.717) is 10.8 Å². The summed E-state index contributed by atoms with van der Waals surface area (Å²) in [4.78, 5) is 32.5. The molecule has 3 aromatic rings. The fourth-order valence-corrected chi connectivity index (χ4v) is 2.74. The molecule has 0 spiro atoms. The molecule has 2 heterocycles. The molecule has 0 saturated carbocycles. The van der Waals surface area contributed by atoms with Crippen LogP contribution in [-0.4, -0.2) is 20.4 Å². The normalized spacial score (nSPS) is 10.5. The second-order valence-electron chi connectivity index (χ2n) is 4.95. The molecule has 0 saturated heterocycles. The summed E-state index contributed by atoms with van der Waals surface area (Å²) in [6, 6.07) is 10.8. The van der Waals surface area contributed by atoms with E-state index in [0.717, 1.165) is 11.3 Å². The molecule has 0 fully saturated rings. The molecule has 116 valence electrons. The van der Waals surface area contributed by atoms with Gasteiger partial charge < -0.3 is 5.32 Å². The Balaban J connectivity index is 1.74. The first-order valence-corrected chi connectivity index (χ1v) is 7.84. The van der Waals surface area contributed by atoms with E-state index in [-0.39, 0.29) is 18.0 Å².